The van der Waals surface area contributed by atoms with Gasteiger partial charge in [0.25, 0.3) is 5.91 Å². The molecule has 0 saturated carbocycles. The third kappa shape index (κ3) is 2.62. The summed E-state index contributed by atoms with van der Waals surface area (Å²) < 4.78 is 5.63. The molecule has 0 spiro atoms. The van der Waals surface area contributed by atoms with Crippen LogP contribution in [0.3, 0.4) is 0 Å². The van der Waals surface area contributed by atoms with E-state index in [4.69, 9.17) is 4.74 Å². The highest BCUT2D eigenvalue weighted by molar-refractivity contribution is 6.26. The number of rotatable bonds is 3. The number of hydrogen-bond acceptors (Lipinski definition) is 3. The SMILES string of the molecule is CC(C)Oc1ccc(N2C(=O)C3C=[NH+]C4=C(CCCC4)N3C2=O)cc1. The molecule has 1 fully saturated rings. The second-order valence-corrected chi connectivity index (χ2v) is 6.87. The Kier molecular flexibility index (Phi) is 3.82. The molecular weight excluding hydrogens is 318 g/mol. The zero-order valence-corrected chi connectivity index (χ0v) is 14.5. The fourth-order valence-corrected chi connectivity index (χ4v) is 3.67. The lowest BCUT2D eigenvalue weighted by molar-refractivity contribution is -0.404. The Labute approximate surface area is 146 Å². The number of benzene rings is 1. The average molecular weight is 340 g/mol. The first-order valence-electron chi connectivity index (χ1n) is 8.82. The topological polar surface area (TPSA) is 63.8 Å². The van der Waals surface area contributed by atoms with Crippen LogP contribution in [0.1, 0.15) is 39.5 Å². The number of allylic oxidation sites excluding steroid dienone is 2. The van der Waals surface area contributed by atoms with E-state index in [9.17, 15) is 9.59 Å². The first-order valence-corrected chi connectivity index (χ1v) is 8.82. The van der Waals surface area contributed by atoms with Gasteiger partial charge in [-0.3, -0.25) is 9.69 Å². The van der Waals surface area contributed by atoms with E-state index in [0.29, 0.717) is 5.69 Å². The van der Waals surface area contributed by atoms with Crippen LogP contribution in [0.2, 0.25) is 0 Å². The van der Waals surface area contributed by atoms with Crippen molar-refractivity contribution in [1.29, 1.82) is 0 Å². The van der Waals surface area contributed by atoms with E-state index in [0.717, 1.165) is 42.8 Å². The Bertz CT molecular complexity index is 780. The second kappa shape index (κ2) is 6.02. The van der Waals surface area contributed by atoms with Gasteiger partial charge < -0.3 is 4.74 Å². The molecule has 4 rings (SSSR count). The molecule has 0 bridgehead atoms. The summed E-state index contributed by atoms with van der Waals surface area (Å²) in [5.74, 6) is 0.508. The number of fused-ring (bicyclic) bond motifs is 2. The van der Waals surface area contributed by atoms with Crippen molar-refractivity contribution in [2.75, 3.05) is 4.90 Å². The third-order valence-corrected chi connectivity index (χ3v) is 4.76. The van der Waals surface area contributed by atoms with Crippen molar-refractivity contribution in [2.45, 2.75) is 51.7 Å². The maximum absolute atomic E-state index is 13.0. The van der Waals surface area contributed by atoms with Gasteiger partial charge in [0.2, 0.25) is 0 Å². The summed E-state index contributed by atoms with van der Waals surface area (Å²) in [4.78, 5) is 32.0. The number of carbonyl (C=O) groups is 2. The van der Waals surface area contributed by atoms with Crippen LogP contribution in [0.15, 0.2) is 35.7 Å². The van der Waals surface area contributed by atoms with Crippen LogP contribution in [-0.2, 0) is 4.79 Å². The fourth-order valence-electron chi connectivity index (χ4n) is 3.67. The summed E-state index contributed by atoms with van der Waals surface area (Å²) in [6, 6.07) is 6.28. The van der Waals surface area contributed by atoms with Crippen LogP contribution < -0.4 is 14.6 Å². The number of urea groups is 1. The van der Waals surface area contributed by atoms with E-state index in [2.05, 4.69) is 4.99 Å². The lowest BCUT2D eigenvalue weighted by Gasteiger charge is -2.26. The summed E-state index contributed by atoms with van der Waals surface area (Å²) in [6.07, 6.45) is 5.74. The Morgan fingerprint density at radius 2 is 1.84 bits per heavy atom. The van der Waals surface area contributed by atoms with Crippen LogP contribution in [0.25, 0.3) is 0 Å². The minimum absolute atomic E-state index is 0.0761. The summed E-state index contributed by atoms with van der Waals surface area (Å²) >= 11 is 0. The zero-order valence-electron chi connectivity index (χ0n) is 14.5. The molecule has 3 aliphatic rings. The van der Waals surface area contributed by atoms with Crippen molar-refractivity contribution in [3.8, 4) is 5.75 Å². The number of ether oxygens (including phenoxy) is 1. The van der Waals surface area contributed by atoms with Gasteiger partial charge in [-0.1, -0.05) is 0 Å². The molecule has 1 saturated heterocycles. The molecule has 1 unspecified atom stereocenters. The standard InChI is InChI=1S/C19H21N3O3/c1-12(2)25-14-9-7-13(8-10-14)21-18(23)17-11-20-15-5-3-4-6-16(15)22(17)19(21)24/h7-12,17H,3-6H2,1-2H3/p+1. The van der Waals surface area contributed by atoms with Gasteiger partial charge in [-0.2, -0.15) is 0 Å². The maximum atomic E-state index is 13.0. The van der Waals surface area contributed by atoms with Gasteiger partial charge in [-0.25, -0.2) is 14.7 Å². The molecule has 1 atom stereocenters. The van der Waals surface area contributed by atoms with E-state index in [1.54, 1.807) is 35.4 Å². The van der Waals surface area contributed by atoms with E-state index < -0.39 is 6.04 Å². The van der Waals surface area contributed by atoms with Crippen molar-refractivity contribution in [3.63, 3.8) is 0 Å². The van der Waals surface area contributed by atoms with Gasteiger partial charge in [-0.05, 0) is 57.4 Å². The zero-order chi connectivity index (χ0) is 17.6. The number of carbonyl (C=O) groups excluding carboxylic acids is 2. The number of nitrogens with zero attached hydrogens (tertiary/aromatic N) is 2. The van der Waals surface area contributed by atoms with Crippen LogP contribution in [0.4, 0.5) is 10.5 Å². The van der Waals surface area contributed by atoms with Crippen molar-refractivity contribution in [1.82, 2.24) is 4.90 Å². The molecule has 130 valence electrons. The molecule has 25 heavy (non-hydrogen) atoms. The number of amides is 3. The Hall–Kier alpha value is -2.63. The Morgan fingerprint density at radius 3 is 2.56 bits per heavy atom. The van der Waals surface area contributed by atoms with Gasteiger partial charge in [0, 0.05) is 6.42 Å². The van der Waals surface area contributed by atoms with Crippen molar-refractivity contribution >= 4 is 23.8 Å². The van der Waals surface area contributed by atoms with Crippen molar-refractivity contribution < 1.29 is 19.3 Å². The smallest absolute Gasteiger partial charge is 0.337 e. The normalized spacial score (nSPS) is 22.6. The van der Waals surface area contributed by atoms with Gasteiger partial charge >= 0.3 is 6.03 Å². The molecule has 2 heterocycles. The summed E-state index contributed by atoms with van der Waals surface area (Å²) in [6.45, 7) is 3.91. The molecule has 0 radical (unpaired) electrons. The Morgan fingerprint density at radius 1 is 1.12 bits per heavy atom. The number of imide groups is 1. The van der Waals surface area contributed by atoms with Crippen LogP contribution in [0, 0.1) is 0 Å². The predicted octanol–water partition coefficient (Wildman–Crippen LogP) is 1.56. The third-order valence-electron chi connectivity index (χ3n) is 4.76. The van der Waals surface area contributed by atoms with Crippen molar-refractivity contribution in [3.05, 3.63) is 35.7 Å². The molecular formula is C19H22N3O3+. The molecule has 2 aliphatic heterocycles. The number of hydrogen-bond donors (Lipinski definition) is 1. The minimum Gasteiger partial charge on any atom is -0.491 e. The van der Waals surface area contributed by atoms with Crippen LogP contribution >= 0.6 is 0 Å². The van der Waals surface area contributed by atoms with E-state index >= 15 is 0 Å². The predicted molar refractivity (Wildman–Crippen MR) is 93.2 cm³/mol. The van der Waals surface area contributed by atoms with Crippen molar-refractivity contribution in [2.24, 2.45) is 0 Å². The molecule has 6 heteroatoms. The monoisotopic (exact) mass is 340 g/mol. The van der Waals surface area contributed by atoms with Gasteiger partial charge in [0.1, 0.15) is 5.75 Å². The van der Waals surface area contributed by atoms with Gasteiger partial charge in [0.15, 0.2) is 18.0 Å². The molecule has 1 aromatic carbocycles. The lowest BCUT2D eigenvalue weighted by Crippen LogP contribution is -2.74. The van der Waals surface area contributed by atoms with E-state index in [1.807, 2.05) is 13.8 Å². The largest absolute Gasteiger partial charge is 0.491 e. The summed E-state index contributed by atoms with van der Waals surface area (Å²) in [5.41, 5.74) is 2.62. The minimum atomic E-state index is -0.559. The van der Waals surface area contributed by atoms with Gasteiger partial charge in [0.05, 0.1) is 17.5 Å². The van der Waals surface area contributed by atoms with Gasteiger partial charge in [-0.15, -0.1) is 0 Å². The number of anilines is 1. The molecule has 1 aromatic rings. The summed E-state index contributed by atoms with van der Waals surface area (Å²) in [7, 11) is 0. The first kappa shape index (κ1) is 15.9. The summed E-state index contributed by atoms with van der Waals surface area (Å²) in [5, 5.41) is 0. The quantitative estimate of drug-likeness (QED) is 0.850. The molecule has 0 aromatic heterocycles. The maximum Gasteiger partial charge on any atom is 0.337 e. The second-order valence-electron chi connectivity index (χ2n) is 6.87. The molecule has 3 amide bonds. The highest BCUT2D eigenvalue weighted by Gasteiger charge is 2.51. The molecule has 1 aliphatic carbocycles. The highest BCUT2D eigenvalue weighted by Crippen LogP contribution is 2.34. The molecule has 6 nitrogen and oxygen atoms in total. The van der Waals surface area contributed by atoms with Crippen LogP contribution in [-0.4, -0.2) is 35.2 Å². The average Bonchev–Trinajstić information content (AvgIpc) is 2.86. The lowest BCUT2D eigenvalue weighted by atomic mass is 9.98. The highest BCUT2D eigenvalue weighted by atomic mass is 16.5. The first-order chi connectivity index (χ1) is 12.1. The van der Waals surface area contributed by atoms with Crippen LogP contribution in [0.5, 0.6) is 5.75 Å². The number of nitrogens with one attached hydrogen (secondary N) is 1. The Balaban J connectivity index is 1.64. The van der Waals surface area contributed by atoms with E-state index in [-0.39, 0.29) is 18.0 Å². The van der Waals surface area contributed by atoms with E-state index in [1.165, 1.54) is 4.90 Å². The molecule has 1 N–H and O–H groups in total. The fraction of sp³-hybridized carbons (Fsp3) is 0.421.